The number of para-hydroxylation sites is 1. The highest BCUT2D eigenvalue weighted by Gasteiger charge is 2.17. The monoisotopic (exact) mass is 389 g/mol. The van der Waals surface area contributed by atoms with E-state index < -0.39 is 16.1 Å². The van der Waals surface area contributed by atoms with Gasteiger partial charge in [-0.05, 0) is 42.8 Å². The molecule has 8 heteroatoms. The van der Waals surface area contributed by atoms with Gasteiger partial charge in [-0.3, -0.25) is 4.99 Å². The summed E-state index contributed by atoms with van der Waals surface area (Å²) in [6.07, 6.45) is 3.33. The van der Waals surface area contributed by atoms with Gasteiger partial charge in [-0.15, -0.1) is 0 Å². The van der Waals surface area contributed by atoms with Crippen molar-refractivity contribution < 1.29 is 17.9 Å². The lowest BCUT2D eigenvalue weighted by atomic mass is 10.2. The van der Waals surface area contributed by atoms with Crippen LogP contribution in [0.3, 0.4) is 0 Å². The van der Waals surface area contributed by atoms with Gasteiger partial charge in [0.05, 0.1) is 17.7 Å². The first-order valence-corrected chi connectivity index (χ1v) is 10.0. The van der Waals surface area contributed by atoms with Crippen molar-refractivity contribution in [3.63, 3.8) is 0 Å². The zero-order chi connectivity index (χ0) is 19.7. The van der Waals surface area contributed by atoms with Gasteiger partial charge in [-0.2, -0.15) is 0 Å². The Hall–Kier alpha value is -2.87. The van der Waals surface area contributed by atoms with Gasteiger partial charge in [0.2, 0.25) is 0 Å². The maximum absolute atomic E-state index is 12.2. The Morgan fingerprint density at radius 3 is 2.52 bits per heavy atom. The molecule has 0 aliphatic carbocycles. The zero-order valence-corrected chi connectivity index (χ0v) is 16.1. The van der Waals surface area contributed by atoms with Crippen LogP contribution in [0.5, 0.6) is 5.75 Å². The molecular formula is C19H23N3O4S. The Balaban J connectivity index is 2.05. The fourth-order valence-corrected chi connectivity index (χ4v) is 3.15. The molecule has 2 amide bonds. The lowest BCUT2D eigenvalue weighted by molar-refractivity contribution is 0.245. The SMILES string of the molecule is CCCCNC(=O)NS(=O)(=O)c1ccc(N=Cc2ccccc2OC)cc1. The number of carbonyl (C=O) groups excluding carboxylic acids is 1. The molecule has 0 spiro atoms. The minimum absolute atomic E-state index is 0.00983. The summed E-state index contributed by atoms with van der Waals surface area (Å²) < 4.78 is 31.7. The summed E-state index contributed by atoms with van der Waals surface area (Å²) >= 11 is 0. The molecule has 2 N–H and O–H groups in total. The first kappa shape index (κ1) is 20.4. The van der Waals surface area contributed by atoms with E-state index in [9.17, 15) is 13.2 Å². The van der Waals surface area contributed by atoms with Gasteiger partial charge in [0.1, 0.15) is 5.75 Å². The fourth-order valence-electron chi connectivity index (χ4n) is 2.22. The normalized spacial score (nSPS) is 11.3. The third kappa shape index (κ3) is 6.10. The second kappa shape index (κ2) is 9.72. The lowest BCUT2D eigenvalue weighted by Gasteiger charge is -2.08. The molecule has 2 rings (SSSR count). The van der Waals surface area contributed by atoms with Gasteiger partial charge in [-0.1, -0.05) is 25.5 Å². The molecule has 2 aromatic carbocycles. The van der Waals surface area contributed by atoms with Crippen molar-refractivity contribution in [3.8, 4) is 5.75 Å². The summed E-state index contributed by atoms with van der Waals surface area (Å²) in [5.41, 5.74) is 1.38. The predicted octanol–water partition coefficient (Wildman–Crippen LogP) is 3.23. The number of sulfonamides is 1. The Bertz CT molecular complexity index is 893. The molecule has 144 valence electrons. The number of rotatable bonds is 8. The van der Waals surface area contributed by atoms with E-state index in [1.165, 1.54) is 12.1 Å². The Morgan fingerprint density at radius 2 is 1.85 bits per heavy atom. The van der Waals surface area contributed by atoms with Crippen LogP contribution >= 0.6 is 0 Å². The first-order chi connectivity index (χ1) is 13.0. The second-order valence-corrected chi connectivity index (χ2v) is 7.39. The van der Waals surface area contributed by atoms with Crippen molar-refractivity contribution >= 4 is 28.0 Å². The van der Waals surface area contributed by atoms with Crippen molar-refractivity contribution in [2.75, 3.05) is 13.7 Å². The van der Waals surface area contributed by atoms with Crippen LogP contribution in [0.4, 0.5) is 10.5 Å². The standard InChI is InChI=1S/C19H23N3O4S/c1-3-4-13-20-19(23)22-27(24,25)17-11-9-16(10-12-17)21-14-15-7-5-6-8-18(15)26-2/h5-12,14H,3-4,13H2,1-2H3,(H2,20,22,23). The highest BCUT2D eigenvalue weighted by atomic mass is 32.2. The largest absolute Gasteiger partial charge is 0.496 e. The topological polar surface area (TPSA) is 96.9 Å². The number of ether oxygens (including phenoxy) is 1. The second-order valence-electron chi connectivity index (χ2n) is 5.71. The van der Waals surface area contributed by atoms with Crippen molar-refractivity contribution in [1.82, 2.24) is 10.0 Å². The van der Waals surface area contributed by atoms with E-state index >= 15 is 0 Å². The molecule has 0 aliphatic heterocycles. The minimum Gasteiger partial charge on any atom is -0.496 e. The van der Waals surface area contributed by atoms with Crippen LogP contribution in [0.15, 0.2) is 58.4 Å². The number of nitrogens with one attached hydrogen (secondary N) is 2. The van der Waals surface area contributed by atoms with E-state index in [-0.39, 0.29) is 4.90 Å². The molecule has 0 atom stereocenters. The van der Waals surface area contributed by atoms with Crippen molar-refractivity contribution in [3.05, 3.63) is 54.1 Å². The van der Waals surface area contributed by atoms with Crippen LogP contribution in [-0.2, 0) is 10.0 Å². The number of amides is 2. The number of hydrogen-bond acceptors (Lipinski definition) is 5. The molecule has 0 heterocycles. The molecule has 0 radical (unpaired) electrons. The molecule has 0 unspecified atom stereocenters. The number of hydrogen-bond donors (Lipinski definition) is 2. The number of carbonyl (C=O) groups is 1. The summed E-state index contributed by atoms with van der Waals surface area (Å²) in [7, 11) is -2.34. The number of methoxy groups -OCH3 is 1. The Labute approximate surface area is 159 Å². The minimum atomic E-state index is -3.93. The summed E-state index contributed by atoms with van der Waals surface area (Å²) in [6, 6.07) is 12.6. The van der Waals surface area contributed by atoms with Crippen molar-refractivity contribution in [1.29, 1.82) is 0 Å². The number of unbranched alkanes of at least 4 members (excludes halogenated alkanes) is 1. The van der Waals surface area contributed by atoms with Crippen molar-refractivity contribution in [2.24, 2.45) is 4.99 Å². The van der Waals surface area contributed by atoms with E-state index in [4.69, 9.17) is 4.74 Å². The molecular weight excluding hydrogens is 366 g/mol. The van der Waals surface area contributed by atoms with Crippen LogP contribution in [0.2, 0.25) is 0 Å². The van der Waals surface area contributed by atoms with Gasteiger partial charge in [0, 0.05) is 18.3 Å². The molecule has 2 aromatic rings. The third-order valence-corrected chi connectivity index (χ3v) is 5.03. The predicted molar refractivity (Wildman–Crippen MR) is 105 cm³/mol. The average molecular weight is 389 g/mol. The third-order valence-electron chi connectivity index (χ3n) is 3.68. The number of aliphatic imine (C=N–C) groups is 1. The van der Waals surface area contributed by atoms with Crippen LogP contribution in [-0.4, -0.2) is 34.3 Å². The Morgan fingerprint density at radius 1 is 1.15 bits per heavy atom. The summed E-state index contributed by atoms with van der Waals surface area (Å²) in [4.78, 5) is 16.0. The van der Waals surface area contributed by atoms with E-state index in [1.807, 2.05) is 35.9 Å². The maximum atomic E-state index is 12.2. The lowest BCUT2D eigenvalue weighted by Crippen LogP contribution is -2.39. The number of urea groups is 1. The zero-order valence-electron chi connectivity index (χ0n) is 15.3. The molecule has 0 aromatic heterocycles. The average Bonchev–Trinajstić information content (AvgIpc) is 2.66. The van der Waals surface area contributed by atoms with E-state index in [0.717, 1.165) is 18.4 Å². The van der Waals surface area contributed by atoms with E-state index in [0.29, 0.717) is 18.0 Å². The molecule has 0 aliphatic rings. The molecule has 0 saturated heterocycles. The van der Waals surface area contributed by atoms with Gasteiger partial charge in [0.15, 0.2) is 0 Å². The molecule has 0 fully saturated rings. The first-order valence-electron chi connectivity index (χ1n) is 8.54. The van der Waals surface area contributed by atoms with Crippen molar-refractivity contribution in [2.45, 2.75) is 24.7 Å². The van der Waals surface area contributed by atoms with Gasteiger partial charge >= 0.3 is 6.03 Å². The van der Waals surface area contributed by atoms with Gasteiger partial charge in [0.25, 0.3) is 10.0 Å². The quantitative estimate of drug-likeness (QED) is 0.535. The van der Waals surface area contributed by atoms with Crippen LogP contribution in [0, 0.1) is 0 Å². The Kier molecular flexibility index (Phi) is 7.36. The summed E-state index contributed by atoms with van der Waals surface area (Å²) in [5.74, 6) is 0.693. The summed E-state index contributed by atoms with van der Waals surface area (Å²) in [5, 5.41) is 2.51. The van der Waals surface area contributed by atoms with E-state index in [2.05, 4.69) is 10.3 Å². The fraction of sp³-hybridized carbons (Fsp3) is 0.263. The van der Waals surface area contributed by atoms with Crippen LogP contribution in [0.1, 0.15) is 25.3 Å². The molecule has 27 heavy (non-hydrogen) atoms. The van der Waals surface area contributed by atoms with Crippen LogP contribution in [0.25, 0.3) is 0 Å². The highest BCUT2D eigenvalue weighted by molar-refractivity contribution is 7.90. The highest BCUT2D eigenvalue weighted by Crippen LogP contribution is 2.19. The molecule has 7 nitrogen and oxygen atoms in total. The maximum Gasteiger partial charge on any atom is 0.328 e. The molecule has 0 saturated carbocycles. The number of nitrogens with zero attached hydrogens (tertiary/aromatic N) is 1. The summed E-state index contributed by atoms with van der Waals surface area (Å²) in [6.45, 7) is 2.41. The van der Waals surface area contributed by atoms with E-state index in [1.54, 1.807) is 25.5 Å². The molecule has 0 bridgehead atoms. The van der Waals surface area contributed by atoms with Gasteiger partial charge in [-0.25, -0.2) is 17.9 Å². The van der Waals surface area contributed by atoms with Crippen LogP contribution < -0.4 is 14.8 Å². The smallest absolute Gasteiger partial charge is 0.328 e. The van der Waals surface area contributed by atoms with Gasteiger partial charge < -0.3 is 10.1 Å². The number of benzene rings is 2.